The van der Waals surface area contributed by atoms with Crippen molar-refractivity contribution in [2.24, 2.45) is 0 Å². The third-order valence-electron chi connectivity index (χ3n) is 3.63. The van der Waals surface area contributed by atoms with Crippen LogP contribution in [-0.2, 0) is 9.59 Å². The molecule has 6 nitrogen and oxygen atoms in total. The molecule has 1 aromatic heterocycles. The molecule has 2 aromatic carbocycles. The number of anilines is 1. The summed E-state index contributed by atoms with van der Waals surface area (Å²) in [7, 11) is 1.56. The molecule has 0 aliphatic heterocycles. The number of hydrogen-bond acceptors (Lipinski definition) is 4. The van der Waals surface area contributed by atoms with Crippen LogP contribution in [0, 0.1) is 5.82 Å². The minimum Gasteiger partial charge on any atom is -0.336 e. The highest BCUT2D eigenvalue weighted by Crippen LogP contribution is 2.19. The Balaban J connectivity index is 1.49. The zero-order valence-corrected chi connectivity index (χ0v) is 14.8. The first-order valence-corrected chi connectivity index (χ1v) is 8.87. The van der Waals surface area contributed by atoms with Crippen molar-refractivity contribution in [1.29, 1.82) is 0 Å². The fraction of sp³-hybridized carbons (Fsp3) is 0.167. The van der Waals surface area contributed by atoms with Crippen molar-refractivity contribution in [3.8, 4) is 0 Å². The molecule has 1 heterocycles. The first-order valence-electron chi connectivity index (χ1n) is 7.88. The highest BCUT2D eigenvalue weighted by atomic mass is 32.2. The smallest absolute Gasteiger partial charge is 0.243 e. The Morgan fingerprint density at radius 2 is 1.92 bits per heavy atom. The highest BCUT2D eigenvalue weighted by Gasteiger charge is 2.14. The number of aromatic amines is 1. The summed E-state index contributed by atoms with van der Waals surface area (Å²) in [5.74, 6) is -0.746. The van der Waals surface area contributed by atoms with Gasteiger partial charge in [0, 0.05) is 12.7 Å². The van der Waals surface area contributed by atoms with E-state index >= 15 is 0 Å². The molecule has 0 saturated carbocycles. The summed E-state index contributed by atoms with van der Waals surface area (Å²) in [4.78, 5) is 33.1. The van der Waals surface area contributed by atoms with E-state index in [0.717, 1.165) is 11.0 Å². The van der Waals surface area contributed by atoms with Crippen LogP contribution in [0.4, 0.5) is 10.1 Å². The van der Waals surface area contributed by atoms with E-state index in [1.165, 1.54) is 40.9 Å². The van der Waals surface area contributed by atoms with Crippen LogP contribution in [-0.4, -0.2) is 46.0 Å². The molecule has 3 aromatic rings. The Morgan fingerprint density at radius 1 is 1.19 bits per heavy atom. The van der Waals surface area contributed by atoms with Gasteiger partial charge in [-0.2, -0.15) is 0 Å². The molecule has 2 amide bonds. The largest absolute Gasteiger partial charge is 0.336 e. The lowest BCUT2D eigenvalue weighted by molar-refractivity contribution is -0.131. The number of carbonyl (C=O) groups is 2. The molecule has 0 atom stereocenters. The lowest BCUT2D eigenvalue weighted by Gasteiger charge is -2.16. The van der Waals surface area contributed by atoms with Gasteiger partial charge >= 0.3 is 0 Å². The summed E-state index contributed by atoms with van der Waals surface area (Å²) in [6.07, 6.45) is 0. The summed E-state index contributed by atoms with van der Waals surface area (Å²) in [5.41, 5.74) is 2.23. The normalized spacial score (nSPS) is 10.7. The Kier molecular flexibility index (Phi) is 5.52. The van der Waals surface area contributed by atoms with Crippen molar-refractivity contribution >= 4 is 40.3 Å². The molecule has 0 radical (unpaired) electrons. The zero-order valence-electron chi connectivity index (χ0n) is 14.0. The molecule has 26 heavy (non-hydrogen) atoms. The quantitative estimate of drug-likeness (QED) is 0.652. The molecule has 0 aliphatic rings. The van der Waals surface area contributed by atoms with Crippen LogP contribution in [0.5, 0.6) is 0 Å². The van der Waals surface area contributed by atoms with Gasteiger partial charge in [-0.15, -0.1) is 0 Å². The van der Waals surface area contributed by atoms with Crippen LogP contribution in [0.25, 0.3) is 11.0 Å². The zero-order chi connectivity index (χ0) is 18.5. The highest BCUT2D eigenvalue weighted by molar-refractivity contribution is 7.99. The molecule has 2 N–H and O–H groups in total. The minimum absolute atomic E-state index is 0.0864. The number of likely N-dealkylation sites (N-methyl/N-ethyl adjacent to an activating group) is 1. The van der Waals surface area contributed by atoms with E-state index in [9.17, 15) is 14.0 Å². The fourth-order valence-corrected chi connectivity index (χ4v) is 3.10. The van der Waals surface area contributed by atoms with Gasteiger partial charge in [0.2, 0.25) is 11.8 Å². The van der Waals surface area contributed by atoms with E-state index in [-0.39, 0.29) is 29.9 Å². The van der Waals surface area contributed by atoms with Gasteiger partial charge in [-0.1, -0.05) is 23.9 Å². The second-order valence-electron chi connectivity index (χ2n) is 5.65. The molecule has 0 unspecified atom stereocenters. The molecular formula is C18H17FN4O2S. The molecule has 0 saturated heterocycles. The molecule has 8 heteroatoms. The summed E-state index contributed by atoms with van der Waals surface area (Å²) in [6, 6.07) is 13.1. The SMILES string of the molecule is CN(CC(=O)Nc1ccc(F)cc1)C(=O)CSc1nc2ccccc2[nH]1. The standard InChI is InChI=1S/C18H17FN4O2S/c1-23(10-16(24)20-13-8-6-12(19)7-9-13)17(25)11-26-18-21-14-4-2-3-5-15(14)22-18/h2-9H,10-11H2,1H3,(H,20,24)(H,21,22). The summed E-state index contributed by atoms with van der Waals surface area (Å²) < 4.78 is 12.9. The number of carbonyl (C=O) groups excluding carboxylic acids is 2. The number of halogens is 1. The predicted molar refractivity (Wildman–Crippen MR) is 99.5 cm³/mol. The van der Waals surface area contributed by atoms with Gasteiger partial charge in [-0.05, 0) is 36.4 Å². The average Bonchev–Trinajstić information content (AvgIpc) is 3.04. The lowest BCUT2D eigenvalue weighted by Crippen LogP contribution is -2.35. The van der Waals surface area contributed by atoms with Gasteiger partial charge < -0.3 is 15.2 Å². The average molecular weight is 372 g/mol. The van der Waals surface area contributed by atoms with Gasteiger partial charge in [0.25, 0.3) is 0 Å². The van der Waals surface area contributed by atoms with Crippen molar-refractivity contribution in [2.75, 3.05) is 24.7 Å². The van der Waals surface area contributed by atoms with Crippen LogP contribution in [0.1, 0.15) is 0 Å². The maximum Gasteiger partial charge on any atom is 0.243 e. The molecule has 3 rings (SSSR count). The van der Waals surface area contributed by atoms with Crippen LogP contribution in [0.2, 0.25) is 0 Å². The Bertz CT molecular complexity index is 893. The van der Waals surface area contributed by atoms with E-state index < -0.39 is 0 Å². The number of nitrogens with one attached hydrogen (secondary N) is 2. The first-order chi connectivity index (χ1) is 12.5. The van der Waals surface area contributed by atoms with Crippen molar-refractivity contribution in [2.45, 2.75) is 5.16 Å². The molecule has 0 spiro atoms. The number of nitrogens with zero attached hydrogens (tertiary/aromatic N) is 2. The van der Waals surface area contributed by atoms with Crippen LogP contribution in [0.3, 0.4) is 0 Å². The van der Waals surface area contributed by atoms with E-state index in [1.807, 2.05) is 24.3 Å². The third-order valence-corrected chi connectivity index (χ3v) is 4.49. The Hall–Kier alpha value is -2.87. The Labute approximate surface area is 153 Å². The van der Waals surface area contributed by atoms with Gasteiger partial charge in [0.05, 0.1) is 23.3 Å². The maximum atomic E-state index is 12.9. The van der Waals surface area contributed by atoms with Gasteiger partial charge in [-0.25, -0.2) is 9.37 Å². The number of para-hydroxylation sites is 2. The second kappa shape index (κ2) is 8.01. The monoisotopic (exact) mass is 372 g/mol. The van der Waals surface area contributed by atoms with Crippen molar-refractivity contribution in [3.63, 3.8) is 0 Å². The number of imidazole rings is 1. The van der Waals surface area contributed by atoms with Gasteiger partial charge in [-0.3, -0.25) is 9.59 Å². The molecule has 0 bridgehead atoms. The number of rotatable bonds is 6. The second-order valence-corrected chi connectivity index (χ2v) is 6.62. The third kappa shape index (κ3) is 4.60. The maximum absolute atomic E-state index is 12.9. The minimum atomic E-state index is -0.377. The van der Waals surface area contributed by atoms with E-state index in [1.54, 1.807) is 7.05 Å². The number of fused-ring (bicyclic) bond motifs is 1. The topological polar surface area (TPSA) is 78.1 Å². The van der Waals surface area contributed by atoms with Crippen molar-refractivity contribution < 1.29 is 14.0 Å². The number of amides is 2. The van der Waals surface area contributed by atoms with E-state index in [4.69, 9.17) is 0 Å². The predicted octanol–water partition coefficient (Wildman–Crippen LogP) is 2.89. The number of H-pyrrole nitrogens is 1. The fourth-order valence-electron chi connectivity index (χ4n) is 2.28. The first kappa shape index (κ1) is 17.9. The van der Waals surface area contributed by atoms with Crippen molar-refractivity contribution in [3.05, 3.63) is 54.3 Å². The van der Waals surface area contributed by atoms with Crippen LogP contribution < -0.4 is 5.32 Å². The summed E-state index contributed by atoms with van der Waals surface area (Å²) in [5, 5.41) is 3.28. The lowest BCUT2D eigenvalue weighted by atomic mass is 10.3. The molecule has 0 fully saturated rings. The molecule has 0 aliphatic carbocycles. The Morgan fingerprint density at radius 3 is 2.65 bits per heavy atom. The molecular weight excluding hydrogens is 355 g/mol. The van der Waals surface area contributed by atoms with Crippen LogP contribution in [0.15, 0.2) is 53.7 Å². The van der Waals surface area contributed by atoms with Gasteiger partial charge in [0.1, 0.15) is 5.82 Å². The number of thioether (sulfide) groups is 1. The van der Waals surface area contributed by atoms with Crippen molar-refractivity contribution in [1.82, 2.24) is 14.9 Å². The van der Waals surface area contributed by atoms with Gasteiger partial charge in [0.15, 0.2) is 5.16 Å². The summed E-state index contributed by atoms with van der Waals surface area (Å²) in [6.45, 7) is -0.0864. The molecule has 134 valence electrons. The summed E-state index contributed by atoms with van der Waals surface area (Å²) >= 11 is 1.28. The number of aromatic nitrogens is 2. The number of benzene rings is 2. The van der Waals surface area contributed by atoms with E-state index in [0.29, 0.717) is 10.8 Å². The van der Waals surface area contributed by atoms with E-state index in [2.05, 4.69) is 15.3 Å². The van der Waals surface area contributed by atoms with Crippen LogP contribution >= 0.6 is 11.8 Å². The number of hydrogen-bond donors (Lipinski definition) is 2.